The van der Waals surface area contributed by atoms with Gasteiger partial charge in [-0.05, 0) is 69.3 Å². The van der Waals surface area contributed by atoms with Crippen LogP contribution in [-0.2, 0) is 5.41 Å². The van der Waals surface area contributed by atoms with E-state index in [9.17, 15) is 0 Å². The highest BCUT2D eigenvalue weighted by Gasteiger charge is 2.19. The Balaban J connectivity index is 2.44. The van der Waals surface area contributed by atoms with Crippen molar-refractivity contribution in [3.63, 3.8) is 0 Å². The molecule has 0 aliphatic heterocycles. The summed E-state index contributed by atoms with van der Waals surface area (Å²) in [5.74, 6) is 1.06. The number of aryl methyl sites for hydroxylation is 1. The zero-order valence-corrected chi connectivity index (χ0v) is 16.2. The fourth-order valence-electron chi connectivity index (χ4n) is 2.94. The lowest BCUT2D eigenvalue weighted by atomic mass is 9.85. The first-order valence-corrected chi connectivity index (χ1v) is 9.34. The number of hydrogen-bond acceptors (Lipinski definition) is 2. The second kappa shape index (κ2) is 9.97. The van der Waals surface area contributed by atoms with Crippen LogP contribution in [-0.4, -0.2) is 31.1 Å². The van der Waals surface area contributed by atoms with E-state index in [4.69, 9.17) is 4.74 Å². The molecule has 0 fully saturated rings. The van der Waals surface area contributed by atoms with Crippen molar-refractivity contribution in [2.24, 2.45) is 0 Å². The van der Waals surface area contributed by atoms with Crippen molar-refractivity contribution in [3.05, 3.63) is 29.3 Å². The van der Waals surface area contributed by atoms with Gasteiger partial charge in [-0.3, -0.25) is 0 Å². The highest BCUT2D eigenvalue weighted by Crippen LogP contribution is 2.32. The highest BCUT2D eigenvalue weighted by atomic mass is 16.5. The maximum Gasteiger partial charge on any atom is 0.123 e. The monoisotopic (exact) mass is 319 g/mol. The van der Waals surface area contributed by atoms with E-state index in [0.717, 1.165) is 18.8 Å². The minimum Gasteiger partial charge on any atom is -0.493 e. The van der Waals surface area contributed by atoms with Gasteiger partial charge in [-0.25, -0.2) is 0 Å². The largest absolute Gasteiger partial charge is 0.493 e. The average Bonchev–Trinajstić information content (AvgIpc) is 2.47. The topological polar surface area (TPSA) is 12.5 Å². The Morgan fingerprint density at radius 3 is 2.17 bits per heavy atom. The molecule has 0 unspecified atom stereocenters. The first-order chi connectivity index (χ1) is 10.9. The Hall–Kier alpha value is -1.02. The summed E-state index contributed by atoms with van der Waals surface area (Å²) in [5, 5.41) is 0. The van der Waals surface area contributed by atoms with Crippen molar-refractivity contribution in [3.8, 4) is 5.75 Å². The van der Waals surface area contributed by atoms with Crippen LogP contribution < -0.4 is 4.74 Å². The molecule has 1 rings (SSSR count). The maximum absolute atomic E-state index is 6.10. The van der Waals surface area contributed by atoms with E-state index in [0.29, 0.717) is 0 Å². The molecule has 23 heavy (non-hydrogen) atoms. The number of benzene rings is 1. The van der Waals surface area contributed by atoms with Crippen LogP contribution in [0, 0.1) is 6.92 Å². The molecule has 132 valence electrons. The van der Waals surface area contributed by atoms with Crippen molar-refractivity contribution in [2.45, 2.75) is 72.6 Å². The first kappa shape index (κ1) is 20.0. The zero-order valence-electron chi connectivity index (χ0n) is 16.2. The fourth-order valence-corrected chi connectivity index (χ4v) is 2.94. The molecule has 0 aromatic heterocycles. The van der Waals surface area contributed by atoms with E-state index in [1.807, 2.05) is 0 Å². The average molecular weight is 320 g/mol. The number of rotatable bonds is 10. The van der Waals surface area contributed by atoms with Gasteiger partial charge in [0, 0.05) is 0 Å². The SMILES string of the molecule is CCCN(CCC)CCCCOc1ccc(C)cc1C(C)(C)C. The molecule has 0 heterocycles. The van der Waals surface area contributed by atoms with Gasteiger partial charge in [0.2, 0.25) is 0 Å². The summed E-state index contributed by atoms with van der Waals surface area (Å²) in [4.78, 5) is 2.58. The minimum absolute atomic E-state index is 0.125. The standard InChI is InChI=1S/C21H37NO/c1-7-13-22(14-8-2)15-9-10-16-23-20-12-11-18(3)17-19(20)21(4,5)6/h11-12,17H,7-10,13-16H2,1-6H3. The summed E-state index contributed by atoms with van der Waals surface area (Å²) in [5.41, 5.74) is 2.74. The predicted octanol–water partition coefficient (Wildman–Crippen LogP) is 5.57. The fraction of sp³-hybridized carbons (Fsp3) is 0.714. The molecular formula is C21H37NO. The molecule has 0 bridgehead atoms. The van der Waals surface area contributed by atoms with Crippen LogP contribution in [0.1, 0.15) is 71.4 Å². The highest BCUT2D eigenvalue weighted by molar-refractivity contribution is 5.41. The number of hydrogen-bond donors (Lipinski definition) is 0. The van der Waals surface area contributed by atoms with E-state index in [1.165, 1.54) is 50.0 Å². The van der Waals surface area contributed by atoms with E-state index in [1.54, 1.807) is 0 Å². The molecule has 0 N–H and O–H groups in total. The normalized spacial score (nSPS) is 12.0. The van der Waals surface area contributed by atoms with Gasteiger partial charge < -0.3 is 9.64 Å². The molecule has 0 spiro atoms. The Labute approximate surface area is 144 Å². The molecule has 0 amide bonds. The van der Waals surface area contributed by atoms with Crippen LogP contribution in [0.4, 0.5) is 0 Å². The second-order valence-electron chi connectivity index (χ2n) is 7.65. The Kier molecular flexibility index (Phi) is 8.68. The van der Waals surface area contributed by atoms with Gasteiger partial charge in [0.15, 0.2) is 0 Å². The van der Waals surface area contributed by atoms with Crippen LogP contribution in [0.2, 0.25) is 0 Å². The van der Waals surface area contributed by atoms with Gasteiger partial charge in [0.25, 0.3) is 0 Å². The number of ether oxygens (including phenoxy) is 1. The van der Waals surface area contributed by atoms with Gasteiger partial charge >= 0.3 is 0 Å². The predicted molar refractivity (Wildman–Crippen MR) is 102 cm³/mol. The summed E-state index contributed by atoms with van der Waals surface area (Å²) in [6.45, 7) is 17.9. The number of unbranched alkanes of at least 4 members (excludes halogenated alkanes) is 1. The smallest absolute Gasteiger partial charge is 0.123 e. The summed E-state index contributed by atoms with van der Waals surface area (Å²) >= 11 is 0. The van der Waals surface area contributed by atoms with Crippen LogP contribution in [0.15, 0.2) is 18.2 Å². The van der Waals surface area contributed by atoms with Gasteiger partial charge in [-0.2, -0.15) is 0 Å². The third-order valence-electron chi connectivity index (χ3n) is 4.15. The maximum atomic E-state index is 6.10. The third-order valence-corrected chi connectivity index (χ3v) is 4.15. The molecule has 2 heteroatoms. The van der Waals surface area contributed by atoms with Gasteiger partial charge in [0.1, 0.15) is 5.75 Å². The lowest BCUT2D eigenvalue weighted by Gasteiger charge is -2.24. The van der Waals surface area contributed by atoms with Crippen molar-refractivity contribution in [1.82, 2.24) is 4.90 Å². The van der Waals surface area contributed by atoms with Crippen molar-refractivity contribution < 1.29 is 4.74 Å². The van der Waals surface area contributed by atoms with E-state index in [2.05, 4.69) is 64.6 Å². The van der Waals surface area contributed by atoms with Crippen molar-refractivity contribution in [1.29, 1.82) is 0 Å². The van der Waals surface area contributed by atoms with E-state index >= 15 is 0 Å². The summed E-state index contributed by atoms with van der Waals surface area (Å²) in [7, 11) is 0. The van der Waals surface area contributed by atoms with Crippen LogP contribution in [0.5, 0.6) is 5.75 Å². The van der Waals surface area contributed by atoms with Crippen LogP contribution >= 0.6 is 0 Å². The quantitative estimate of drug-likeness (QED) is 0.522. The molecule has 2 nitrogen and oxygen atoms in total. The Bertz CT molecular complexity index is 442. The third kappa shape index (κ3) is 7.39. The molecule has 0 aliphatic carbocycles. The number of nitrogens with zero attached hydrogens (tertiary/aromatic N) is 1. The van der Waals surface area contributed by atoms with Gasteiger partial charge in [0.05, 0.1) is 6.61 Å². The van der Waals surface area contributed by atoms with Crippen molar-refractivity contribution in [2.75, 3.05) is 26.2 Å². The molecule has 0 aliphatic rings. The minimum atomic E-state index is 0.125. The Morgan fingerprint density at radius 2 is 1.61 bits per heavy atom. The van der Waals surface area contributed by atoms with Gasteiger partial charge in [-0.1, -0.05) is 52.3 Å². The lowest BCUT2D eigenvalue weighted by Crippen LogP contribution is -2.26. The molecule has 0 saturated carbocycles. The molecule has 0 atom stereocenters. The van der Waals surface area contributed by atoms with Gasteiger partial charge in [-0.15, -0.1) is 0 Å². The van der Waals surface area contributed by atoms with Crippen LogP contribution in [0.25, 0.3) is 0 Å². The molecule has 1 aromatic rings. The summed E-state index contributed by atoms with van der Waals surface area (Å²) in [6, 6.07) is 6.55. The first-order valence-electron chi connectivity index (χ1n) is 9.34. The van der Waals surface area contributed by atoms with E-state index < -0.39 is 0 Å². The second-order valence-corrected chi connectivity index (χ2v) is 7.65. The molecular weight excluding hydrogens is 282 g/mol. The summed E-state index contributed by atoms with van der Waals surface area (Å²) in [6.07, 6.45) is 4.84. The Morgan fingerprint density at radius 1 is 0.957 bits per heavy atom. The zero-order chi connectivity index (χ0) is 17.3. The molecule has 0 saturated heterocycles. The van der Waals surface area contributed by atoms with Crippen LogP contribution in [0.3, 0.4) is 0 Å². The van der Waals surface area contributed by atoms with Crippen molar-refractivity contribution >= 4 is 0 Å². The van der Waals surface area contributed by atoms with E-state index in [-0.39, 0.29) is 5.41 Å². The molecule has 1 aromatic carbocycles. The molecule has 0 radical (unpaired) electrons. The summed E-state index contributed by atoms with van der Waals surface area (Å²) < 4.78 is 6.10. The lowest BCUT2D eigenvalue weighted by molar-refractivity contribution is 0.248.